The van der Waals surface area contributed by atoms with E-state index in [4.69, 9.17) is 0 Å². The number of sulfonamides is 1. The van der Waals surface area contributed by atoms with Crippen molar-refractivity contribution in [3.8, 4) is 0 Å². The zero-order valence-electron chi connectivity index (χ0n) is 15.5. The molecule has 0 saturated heterocycles. The van der Waals surface area contributed by atoms with Gasteiger partial charge in [-0.1, -0.05) is 66.2 Å². The van der Waals surface area contributed by atoms with Crippen molar-refractivity contribution in [2.24, 2.45) is 5.10 Å². The van der Waals surface area contributed by atoms with Crippen molar-refractivity contribution in [2.75, 3.05) is 0 Å². The summed E-state index contributed by atoms with van der Waals surface area (Å²) in [7, 11) is -3.75. The van der Waals surface area contributed by atoms with Crippen LogP contribution < -0.4 is 0 Å². The van der Waals surface area contributed by atoms with E-state index < -0.39 is 10.0 Å². The van der Waals surface area contributed by atoms with Gasteiger partial charge in [0.2, 0.25) is 0 Å². The summed E-state index contributed by atoms with van der Waals surface area (Å²) in [6.45, 7) is 1.95. The third-order valence-electron chi connectivity index (χ3n) is 5.56. The van der Waals surface area contributed by atoms with Crippen LogP contribution in [0.3, 0.4) is 0 Å². The molecule has 0 amide bonds. The minimum Gasteiger partial charge on any atom is -0.200 e. The molecule has 2 aliphatic carbocycles. The van der Waals surface area contributed by atoms with Crippen LogP contribution in [0, 0.1) is 6.92 Å². The molecule has 2 aliphatic rings. The fraction of sp³-hybridized carbons (Fsp3) is 0.174. The molecule has 0 N–H and O–H groups in total. The lowest BCUT2D eigenvalue weighted by atomic mass is 9.83. The maximum atomic E-state index is 13.5. The van der Waals surface area contributed by atoms with Crippen LogP contribution in [0.2, 0.25) is 0 Å². The second-order valence-electron chi connectivity index (χ2n) is 7.39. The van der Waals surface area contributed by atoms with Crippen LogP contribution in [0.15, 0.2) is 82.8 Å². The lowest BCUT2D eigenvalue weighted by molar-refractivity contribution is 0.307. The van der Waals surface area contributed by atoms with Crippen LogP contribution in [0.1, 0.15) is 33.9 Å². The van der Waals surface area contributed by atoms with Crippen molar-refractivity contribution in [3.05, 3.63) is 101 Å². The van der Waals surface area contributed by atoms with E-state index >= 15 is 0 Å². The number of rotatable bonds is 4. The van der Waals surface area contributed by atoms with Crippen LogP contribution in [0.25, 0.3) is 0 Å². The maximum Gasteiger partial charge on any atom is 0.279 e. The van der Waals surface area contributed by atoms with Crippen LogP contribution in [-0.2, 0) is 22.9 Å². The summed E-state index contributed by atoms with van der Waals surface area (Å²) in [4.78, 5) is 0.277. The monoisotopic (exact) mass is 388 g/mol. The summed E-state index contributed by atoms with van der Waals surface area (Å²) in [6, 6.07) is 22.7. The predicted octanol–water partition coefficient (Wildman–Crippen LogP) is 4.24. The van der Waals surface area contributed by atoms with Crippen LogP contribution in [0.5, 0.6) is 0 Å². The molecular weight excluding hydrogens is 368 g/mol. The zero-order valence-corrected chi connectivity index (χ0v) is 16.4. The summed E-state index contributed by atoms with van der Waals surface area (Å²) in [5, 5.41) is 4.68. The van der Waals surface area contributed by atoms with E-state index in [2.05, 4.69) is 11.2 Å². The van der Waals surface area contributed by atoms with Gasteiger partial charge in [-0.25, -0.2) is 0 Å². The minimum absolute atomic E-state index is 0.261. The molecule has 0 saturated carbocycles. The Hall–Kier alpha value is -2.92. The largest absolute Gasteiger partial charge is 0.279 e. The second-order valence-corrected chi connectivity index (χ2v) is 9.19. The number of fused-ring (bicyclic) bond motifs is 2. The molecule has 5 rings (SSSR count). The first-order chi connectivity index (χ1) is 13.5. The van der Waals surface area contributed by atoms with Crippen molar-refractivity contribution in [1.29, 1.82) is 0 Å². The summed E-state index contributed by atoms with van der Waals surface area (Å²) in [5.41, 5.74) is 6.33. The summed E-state index contributed by atoms with van der Waals surface area (Å²) in [5.74, 6) is 0. The van der Waals surface area contributed by atoms with Gasteiger partial charge in [-0.2, -0.15) is 17.9 Å². The molecule has 140 valence electrons. The molecular formula is C23H20N2O2S. The molecule has 0 fully saturated rings. The molecule has 3 aromatic rings. The molecule has 0 aromatic heterocycles. The van der Waals surface area contributed by atoms with Gasteiger partial charge in [0, 0.05) is 18.4 Å². The minimum atomic E-state index is -3.75. The van der Waals surface area contributed by atoms with Gasteiger partial charge in [0.05, 0.1) is 16.6 Å². The quantitative estimate of drug-likeness (QED) is 0.628. The molecule has 0 aliphatic heterocycles. The topological polar surface area (TPSA) is 49.7 Å². The molecule has 4 nitrogen and oxygen atoms in total. The lowest BCUT2D eigenvalue weighted by Gasteiger charge is -2.38. The fourth-order valence-corrected chi connectivity index (χ4v) is 5.30. The van der Waals surface area contributed by atoms with Gasteiger partial charge in [-0.05, 0) is 35.7 Å². The van der Waals surface area contributed by atoms with E-state index in [9.17, 15) is 8.42 Å². The highest BCUT2D eigenvalue weighted by molar-refractivity contribution is 7.89. The Morgan fingerprint density at radius 1 is 0.893 bits per heavy atom. The van der Waals surface area contributed by atoms with Crippen molar-refractivity contribution in [3.63, 3.8) is 0 Å². The molecule has 5 heteroatoms. The molecule has 1 unspecified atom stereocenters. The van der Waals surface area contributed by atoms with E-state index in [1.54, 1.807) is 12.1 Å². The normalized spacial score (nSPS) is 18.6. The first-order valence-corrected chi connectivity index (χ1v) is 10.8. The molecule has 0 heterocycles. The van der Waals surface area contributed by atoms with Crippen molar-refractivity contribution >= 4 is 15.7 Å². The number of hydrazone groups is 1. The van der Waals surface area contributed by atoms with Gasteiger partial charge in [-0.3, -0.25) is 0 Å². The SMILES string of the molecule is Cc1ccc(S(=O)(=O)N(/N=C2/Cc3ccccc32)C2Cc3ccccc32)cc1. The maximum absolute atomic E-state index is 13.5. The Kier molecular flexibility index (Phi) is 3.88. The standard InChI is InChI=1S/C23H20N2O2S/c1-16-10-12-19(13-11-16)28(26,27)25(23-15-18-7-3-5-9-21(18)23)24-22-14-17-6-2-4-8-20(17)22/h2-13,23H,14-15H2,1H3/b24-22-. The summed E-state index contributed by atoms with van der Waals surface area (Å²) < 4.78 is 28.3. The van der Waals surface area contributed by atoms with Gasteiger partial charge in [0.1, 0.15) is 0 Å². The van der Waals surface area contributed by atoms with Crippen LogP contribution in [0.4, 0.5) is 0 Å². The molecule has 0 bridgehead atoms. The Labute approximate surface area is 165 Å². The molecule has 1 atom stereocenters. The number of benzene rings is 3. The average molecular weight is 388 g/mol. The highest BCUT2D eigenvalue weighted by Gasteiger charge is 2.39. The Balaban J connectivity index is 1.59. The molecule has 3 aromatic carbocycles. The number of hydrogen-bond acceptors (Lipinski definition) is 3. The smallest absolute Gasteiger partial charge is 0.200 e. The molecule has 0 spiro atoms. The van der Waals surface area contributed by atoms with Crippen molar-refractivity contribution in [1.82, 2.24) is 4.41 Å². The van der Waals surface area contributed by atoms with E-state index in [1.807, 2.05) is 61.5 Å². The highest BCUT2D eigenvalue weighted by Crippen LogP contribution is 2.41. The number of aryl methyl sites for hydroxylation is 1. The van der Waals surface area contributed by atoms with E-state index in [1.165, 1.54) is 15.5 Å². The summed E-state index contributed by atoms with van der Waals surface area (Å²) >= 11 is 0. The number of nitrogens with zero attached hydrogens (tertiary/aromatic N) is 2. The Morgan fingerprint density at radius 3 is 2.29 bits per heavy atom. The van der Waals surface area contributed by atoms with E-state index in [0.29, 0.717) is 12.8 Å². The first-order valence-electron chi connectivity index (χ1n) is 9.39. The van der Waals surface area contributed by atoms with E-state index in [0.717, 1.165) is 22.4 Å². The van der Waals surface area contributed by atoms with Crippen LogP contribution in [-0.4, -0.2) is 18.5 Å². The Bertz CT molecular complexity index is 1200. The zero-order chi connectivity index (χ0) is 19.3. The van der Waals surface area contributed by atoms with E-state index in [-0.39, 0.29) is 10.9 Å². The molecule has 28 heavy (non-hydrogen) atoms. The lowest BCUT2D eigenvalue weighted by Crippen LogP contribution is -2.39. The van der Waals surface area contributed by atoms with Gasteiger partial charge in [0.25, 0.3) is 10.0 Å². The summed E-state index contributed by atoms with van der Waals surface area (Å²) in [6.07, 6.45) is 1.38. The van der Waals surface area contributed by atoms with Crippen LogP contribution >= 0.6 is 0 Å². The van der Waals surface area contributed by atoms with Gasteiger partial charge in [-0.15, -0.1) is 0 Å². The van der Waals surface area contributed by atoms with Gasteiger partial charge < -0.3 is 0 Å². The fourth-order valence-electron chi connectivity index (χ4n) is 3.87. The molecule has 0 radical (unpaired) electrons. The second kappa shape index (κ2) is 6.31. The first kappa shape index (κ1) is 17.2. The predicted molar refractivity (Wildman–Crippen MR) is 110 cm³/mol. The Morgan fingerprint density at radius 2 is 1.57 bits per heavy atom. The third-order valence-corrected chi connectivity index (χ3v) is 7.26. The highest BCUT2D eigenvalue weighted by atomic mass is 32.2. The van der Waals surface area contributed by atoms with Gasteiger partial charge in [0.15, 0.2) is 0 Å². The third kappa shape index (κ3) is 2.66. The van der Waals surface area contributed by atoms with Crippen molar-refractivity contribution < 1.29 is 8.42 Å². The van der Waals surface area contributed by atoms with Gasteiger partial charge >= 0.3 is 0 Å². The average Bonchev–Trinajstić information content (AvgIpc) is 2.65. The number of hydrogen-bond donors (Lipinski definition) is 0. The van der Waals surface area contributed by atoms with Crippen molar-refractivity contribution in [2.45, 2.75) is 30.7 Å².